The van der Waals surface area contributed by atoms with Crippen molar-refractivity contribution in [1.29, 1.82) is 0 Å². The molecule has 0 amide bonds. The van der Waals surface area contributed by atoms with Gasteiger partial charge in [0.25, 0.3) is 0 Å². The molecule has 1 saturated heterocycles. The minimum absolute atomic E-state index is 0.375. The van der Waals surface area contributed by atoms with Gasteiger partial charge in [-0.25, -0.2) is 0 Å². The third-order valence-corrected chi connectivity index (χ3v) is 3.20. The van der Waals surface area contributed by atoms with E-state index in [1.807, 2.05) is 7.05 Å². The summed E-state index contributed by atoms with van der Waals surface area (Å²) < 4.78 is 0. The highest BCUT2D eigenvalue weighted by Crippen LogP contribution is 2.21. The molecule has 2 rings (SSSR count). The van der Waals surface area contributed by atoms with E-state index in [1.54, 1.807) is 0 Å². The van der Waals surface area contributed by atoms with Crippen LogP contribution in [0.2, 0.25) is 0 Å². The maximum absolute atomic E-state index is 3.26. The molecule has 1 fully saturated rings. The SMILES string of the molecule is CNC1C=CC(C)=C(N2CCCC2)C=C1. The van der Waals surface area contributed by atoms with E-state index in [0.717, 1.165) is 0 Å². The van der Waals surface area contributed by atoms with Gasteiger partial charge in [0.15, 0.2) is 0 Å². The first-order valence-corrected chi connectivity index (χ1v) is 5.81. The van der Waals surface area contributed by atoms with Crippen LogP contribution in [0.4, 0.5) is 0 Å². The molecule has 82 valence electrons. The Morgan fingerprint density at radius 3 is 2.53 bits per heavy atom. The Morgan fingerprint density at radius 2 is 1.87 bits per heavy atom. The molecule has 1 unspecified atom stereocenters. The van der Waals surface area contributed by atoms with Gasteiger partial charge in [-0.05, 0) is 38.5 Å². The van der Waals surface area contributed by atoms with Gasteiger partial charge < -0.3 is 10.2 Å². The number of likely N-dealkylation sites (N-methyl/N-ethyl adjacent to an activating group) is 1. The summed E-state index contributed by atoms with van der Waals surface area (Å²) in [5, 5.41) is 3.26. The molecule has 0 saturated carbocycles. The van der Waals surface area contributed by atoms with Crippen LogP contribution in [0.25, 0.3) is 0 Å². The van der Waals surface area contributed by atoms with E-state index < -0.39 is 0 Å². The van der Waals surface area contributed by atoms with Crippen molar-refractivity contribution in [2.24, 2.45) is 0 Å². The number of rotatable bonds is 2. The van der Waals surface area contributed by atoms with E-state index in [2.05, 4.69) is 41.4 Å². The van der Waals surface area contributed by atoms with Crippen molar-refractivity contribution in [3.8, 4) is 0 Å². The average Bonchev–Trinajstić information content (AvgIpc) is 2.70. The summed E-state index contributed by atoms with van der Waals surface area (Å²) in [6, 6.07) is 0.375. The summed E-state index contributed by atoms with van der Waals surface area (Å²) in [7, 11) is 2.00. The Bertz CT molecular complexity index is 306. The minimum Gasteiger partial charge on any atom is -0.371 e. The highest BCUT2D eigenvalue weighted by atomic mass is 15.1. The number of nitrogens with one attached hydrogen (secondary N) is 1. The van der Waals surface area contributed by atoms with Crippen molar-refractivity contribution in [2.45, 2.75) is 25.8 Å². The standard InChI is InChI=1S/C13H20N2/c1-11-5-6-12(14-2)7-8-13(11)15-9-3-4-10-15/h5-8,12,14H,3-4,9-10H2,1-2H3. The lowest BCUT2D eigenvalue weighted by Crippen LogP contribution is -2.20. The second kappa shape index (κ2) is 4.67. The third-order valence-electron chi connectivity index (χ3n) is 3.20. The highest BCUT2D eigenvalue weighted by molar-refractivity contribution is 5.36. The number of hydrogen-bond acceptors (Lipinski definition) is 2. The van der Waals surface area contributed by atoms with Crippen LogP contribution in [0.5, 0.6) is 0 Å². The monoisotopic (exact) mass is 204 g/mol. The summed E-state index contributed by atoms with van der Waals surface area (Å²) >= 11 is 0. The average molecular weight is 204 g/mol. The predicted molar refractivity (Wildman–Crippen MR) is 64.6 cm³/mol. The van der Waals surface area contributed by atoms with Gasteiger partial charge in [-0.1, -0.05) is 18.2 Å². The van der Waals surface area contributed by atoms with Crippen LogP contribution in [0.1, 0.15) is 19.8 Å². The van der Waals surface area contributed by atoms with Gasteiger partial charge in [-0.3, -0.25) is 0 Å². The lowest BCUT2D eigenvalue weighted by molar-refractivity contribution is 0.437. The molecule has 1 heterocycles. The minimum atomic E-state index is 0.375. The Kier molecular flexibility index (Phi) is 3.27. The fraction of sp³-hybridized carbons (Fsp3) is 0.538. The zero-order valence-corrected chi connectivity index (χ0v) is 9.66. The lowest BCUT2D eigenvalue weighted by Gasteiger charge is -2.20. The molecule has 0 aromatic heterocycles. The van der Waals surface area contributed by atoms with Crippen molar-refractivity contribution in [1.82, 2.24) is 10.2 Å². The van der Waals surface area contributed by atoms with E-state index in [4.69, 9.17) is 0 Å². The molecular formula is C13H20N2. The number of hydrogen-bond donors (Lipinski definition) is 1. The quantitative estimate of drug-likeness (QED) is 0.741. The van der Waals surface area contributed by atoms with Crippen LogP contribution < -0.4 is 5.32 Å². The molecule has 2 aliphatic rings. The molecule has 1 aliphatic heterocycles. The van der Waals surface area contributed by atoms with E-state index in [0.29, 0.717) is 6.04 Å². The van der Waals surface area contributed by atoms with Gasteiger partial charge in [-0.2, -0.15) is 0 Å². The summed E-state index contributed by atoms with van der Waals surface area (Å²) in [5.74, 6) is 0. The second-order valence-corrected chi connectivity index (χ2v) is 4.30. The Labute approximate surface area is 92.3 Å². The molecule has 1 aliphatic carbocycles. The van der Waals surface area contributed by atoms with Gasteiger partial charge in [-0.15, -0.1) is 0 Å². The van der Waals surface area contributed by atoms with Gasteiger partial charge in [0.05, 0.1) is 0 Å². The highest BCUT2D eigenvalue weighted by Gasteiger charge is 2.15. The van der Waals surface area contributed by atoms with Crippen molar-refractivity contribution < 1.29 is 0 Å². The third kappa shape index (κ3) is 2.32. The fourth-order valence-corrected chi connectivity index (χ4v) is 2.23. The fourth-order valence-electron chi connectivity index (χ4n) is 2.23. The smallest absolute Gasteiger partial charge is 0.0440 e. The summed E-state index contributed by atoms with van der Waals surface area (Å²) in [4.78, 5) is 2.49. The predicted octanol–water partition coefficient (Wildman–Crippen LogP) is 2.07. The van der Waals surface area contributed by atoms with Crippen molar-refractivity contribution in [3.63, 3.8) is 0 Å². The molecular weight excluding hydrogens is 184 g/mol. The molecule has 0 aromatic carbocycles. The molecule has 1 N–H and O–H groups in total. The molecule has 2 nitrogen and oxygen atoms in total. The van der Waals surface area contributed by atoms with Crippen LogP contribution in [0, 0.1) is 0 Å². The van der Waals surface area contributed by atoms with Crippen molar-refractivity contribution >= 4 is 0 Å². The van der Waals surface area contributed by atoms with E-state index in [1.165, 1.54) is 37.2 Å². The molecule has 15 heavy (non-hydrogen) atoms. The first kappa shape index (κ1) is 10.5. The van der Waals surface area contributed by atoms with Gasteiger partial charge in [0.2, 0.25) is 0 Å². The Balaban J connectivity index is 2.18. The normalized spacial score (nSPS) is 26.3. The van der Waals surface area contributed by atoms with E-state index >= 15 is 0 Å². The molecule has 2 heteroatoms. The summed E-state index contributed by atoms with van der Waals surface area (Å²) in [6.07, 6.45) is 11.6. The molecule has 0 spiro atoms. The van der Waals surface area contributed by atoms with Crippen LogP contribution in [0.3, 0.4) is 0 Å². The molecule has 0 radical (unpaired) electrons. The number of likely N-dealkylation sites (tertiary alicyclic amines) is 1. The van der Waals surface area contributed by atoms with Gasteiger partial charge >= 0.3 is 0 Å². The molecule has 1 atom stereocenters. The van der Waals surface area contributed by atoms with Crippen LogP contribution >= 0.6 is 0 Å². The first-order valence-electron chi connectivity index (χ1n) is 5.81. The van der Waals surface area contributed by atoms with Crippen LogP contribution in [-0.2, 0) is 0 Å². The zero-order chi connectivity index (χ0) is 10.7. The Hall–Kier alpha value is -1.02. The largest absolute Gasteiger partial charge is 0.371 e. The number of allylic oxidation sites excluding steroid dienone is 3. The Morgan fingerprint density at radius 1 is 1.20 bits per heavy atom. The van der Waals surface area contributed by atoms with Crippen molar-refractivity contribution in [3.05, 3.63) is 35.6 Å². The summed E-state index contributed by atoms with van der Waals surface area (Å²) in [6.45, 7) is 4.64. The second-order valence-electron chi connectivity index (χ2n) is 4.30. The lowest BCUT2D eigenvalue weighted by atomic mass is 10.2. The van der Waals surface area contributed by atoms with Gasteiger partial charge in [0, 0.05) is 24.8 Å². The van der Waals surface area contributed by atoms with Crippen molar-refractivity contribution in [2.75, 3.05) is 20.1 Å². The van der Waals surface area contributed by atoms with Crippen LogP contribution in [-0.4, -0.2) is 31.1 Å². The zero-order valence-electron chi connectivity index (χ0n) is 9.66. The van der Waals surface area contributed by atoms with E-state index in [9.17, 15) is 0 Å². The maximum atomic E-state index is 3.26. The molecule has 0 aromatic rings. The molecule has 0 bridgehead atoms. The topological polar surface area (TPSA) is 15.3 Å². The van der Waals surface area contributed by atoms with Crippen LogP contribution in [0.15, 0.2) is 35.6 Å². The number of nitrogens with zero attached hydrogens (tertiary/aromatic N) is 1. The maximum Gasteiger partial charge on any atom is 0.0440 e. The van der Waals surface area contributed by atoms with E-state index in [-0.39, 0.29) is 0 Å². The first-order chi connectivity index (χ1) is 7.31. The van der Waals surface area contributed by atoms with Gasteiger partial charge in [0.1, 0.15) is 0 Å². The summed E-state index contributed by atoms with van der Waals surface area (Å²) in [5.41, 5.74) is 2.78.